The Morgan fingerprint density at radius 1 is 1.07 bits per heavy atom. The van der Waals surface area contributed by atoms with Crippen molar-refractivity contribution in [3.8, 4) is 11.4 Å². The molecule has 1 saturated heterocycles. The van der Waals surface area contributed by atoms with Gasteiger partial charge in [-0.25, -0.2) is 0 Å². The van der Waals surface area contributed by atoms with Gasteiger partial charge in [0.15, 0.2) is 11.0 Å². The Kier molecular flexibility index (Phi) is 5.71. The van der Waals surface area contributed by atoms with E-state index in [2.05, 4.69) is 26.7 Å². The van der Waals surface area contributed by atoms with Crippen LogP contribution in [-0.2, 0) is 11.3 Å². The average molecular weight is 394 g/mol. The van der Waals surface area contributed by atoms with Crippen molar-refractivity contribution in [2.24, 2.45) is 0 Å². The topological polar surface area (TPSA) is 63.9 Å². The molecule has 3 heterocycles. The fraction of sp³-hybridized carbons (Fsp3) is 0.333. The predicted molar refractivity (Wildman–Crippen MR) is 110 cm³/mol. The minimum absolute atomic E-state index is 0.157. The Morgan fingerprint density at radius 3 is 2.46 bits per heavy atom. The highest BCUT2D eigenvalue weighted by molar-refractivity contribution is 8.00. The first-order valence-electron chi connectivity index (χ1n) is 9.62. The molecule has 2 aromatic heterocycles. The quantitative estimate of drug-likeness (QED) is 0.596. The zero-order valence-electron chi connectivity index (χ0n) is 15.9. The number of likely N-dealkylation sites (tertiary alicyclic amines) is 1. The summed E-state index contributed by atoms with van der Waals surface area (Å²) in [5, 5.41) is 9.26. The summed E-state index contributed by atoms with van der Waals surface area (Å²) in [6.45, 7) is 4.47. The van der Waals surface area contributed by atoms with Gasteiger partial charge < -0.3 is 9.47 Å². The second kappa shape index (κ2) is 8.56. The fourth-order valence-electron chi connectivity index (χ4n) is 3.47. The van der Waals surface area contributed by atoms with Crippen molar-refractivity contribution in [1.82, 2.24) is 24.6 Å². The van der Waals surface area contributed by atoms with E-state index in [4.69, 9.17) is 0 Å². The Hall–Kier alpha value is -2.67. The van der Waals surface area contributed by atoms with Gasteiger partial charge in [-0.1, -0.05) is 42.1 Å². The van der Waals surface area contributed by atoms with Crippen LogP contribution in [0.4, 0.5) is 0 Å². The molecule has 0 saturated carbocycles. The molecule has 0 radical (unpaired) electrons. The van der Waals surface area contributed by atoms with Crippen LogP contribution in [0.25, 0.3) is 11.4 Å². The normalized spacial score (nSPS) is 15.0. The van der Waals surface area contributed by atoms with Crippen LogP contribution in [0, 0.1) is 0 Å². The summed E-state index contributed by atoms with van der Waals surface area (Å²) in [4.78, 5) is 19.3. The number of pyridine rings is 1. The lowest BCUT2D eigenvalue weighted by molar-refractivity contribution is -0.129. The zero-order valence-corrected chi connectivity index (χ0v) is 16.7. The standard InChI is InChI=1S/C21H23N5OS/c1-2-26-19(17-10-12-22-13-11-17)23-24-21(26)28-18(16-8-4-3-5-9-16)20(27)25-14-6-7-15-25/h3-5,8-13,18H,2,6-7,14-15H2,1H3/t18-/m1/s1. The van der Waals surface area contributed by atoms with Gasteiger partial charge in [0.25, 0.3) is 0 Å². The molecule has 1 amide bonds. The molecule has 4 rings (SSSR count). The minimum Gasteiger partial charge on any atom is -0.341 e. The van der Waals surface area contributed by atoms with Gasteiger partial charge >= 0.3 is 0 Å². The molecule has 1 atom stereocenters. The molecular formula is C21H23N5OS. The summed E-state index contributed by atoms with van der Waals surface area (Å²) >= 11 is 1.49. The summed E-state index contributed by atoms with van der Waals surface area (Å²) in [7, 11) is 0. The Bertz CT molecular complexity index is 922. The van der Waals surface area contributed by atoms with Gasteiger partial charge in [-0.3, -0.25) is 9.78 Å². The first-order valence-corrected chi connectivity index (χ1v) is 10.5. The van der Waals surface area contributed by atoms with Crippen LogP contribution in [0.5, 0.6) is 0 Å². The number of carbonyl (C=O) groups excluding carboxylic acids is 1. The zero-order chi connectivity index (χ0) is 19.3. The van der Waals surface area contributed by atoms with Gasteiger partial charge in [0.2, 0.25) is 5.91 Å². The maximum atomic E-state index is 13.3. The predicted octanol–water partition coefficient (Wildman–Crippen LogP) is 3.82. The van der Waals surface area contributed by atoms with E-state index < -0.39 is 0 Å². The van der Waals surface area contributed by atoms with E-state index >= 15 is 0 Å². The van der Waals surface area contributed by atoms with Gasteiger partial charge in [-0.2, -0.15) is 0 Å². The third kappa shape index (κ3) is 3.80. The summed E-state index contributed by atoms with van der Waals surface area (Å²) < 4.78 is 2.06. The van der Waals surface area contributed by atoms with Gasteiger partial charge in [-0.05, 0) is 37.5 Å². The number of thioether (sulfide) groups is 1. The van der Waals surface area contributed by atoms with Crippen LogP contribution >= 0.6 is 11.8 Å². The lowest BCUT2D eigenvalue weighted by Crippen LogP contribution is -2.31. The lowest BCUT2D eigenvalue weighted by atomic mass is 10.1. The lowest BCUT2D eigenvalue weighted by Gasteiger charge is -2.23. The van der Waals surface area contributed by atoms with Crippen LogP contribution in [0.3, 0.4) is 0 Å². The first-order chi connectivity index (χ1) is 13.8. The number of rotatable bonds is 6. The van der Waals surface area contributed by atoms with Crippen LogP contribution in [-0.4, -0.2) is 43.6 Å². The summed E-state index contributed by atoms with van der Waals surface area (Å²) in [5.41, 5.74) is 1.97. The number of aromatic nitrogens is 4. The third-order valence-electron chi connectivity index (χ3n) is 4.94. The van der Waals surface area contributed by atoms with Crippen molar-refractivity contribution in [2.45, 2.75) is 36.7 Å². The summed E-state index contributed by atoms with van der Waals surface area (Å²) in [6.07, 6.45) is 5.66. The average Bonchev–Trinajstić information content (AvgIpc) is 3.42. The molecule has 3 aromatic rings. The van der Waals surface area contributed by atoms with Crippen LogP contribution in [0.15, 0.2) is 60.0 Å². The molecule has 0 aliphatic carbocycles. The van der Waals surface area contributed by atoms with Gasteiger partial charge in [-0.15, -0.1) is 10.2 Å². The third-order valence-corrected chi connectivity index (χ3v) is 6.16. The SMILES string of the molecule is CCn1c(S[C@@H](C(=O)N2CCCC2)c2ccccc2)nnc1-c1ccncc1. The van der Waals surface area contributed by atoms with Gasteiger partial charge in [0, 0.05) is 37.6 Å². The molecule has 0 spiro atoms. The number of amides is 1. The highest BCUT2D eigenvalue weighted by Crippen LogP contribution is 2.37. The smallest absolute Gasteiger partial charge is 0.240 e. The molecule has 6 nitrogen and oxygen atoms in total. The van der Waals surface area contributed by atoms with E-state index in [1.807, 2.05) is 47.4 Å². The highest BCUT2D eigenvalue weighted by atomic mass is 32.2. The summed E-state index contributed by atoms with van der Waals surface area (Å²) in [5.74, 6) is 0.956. The van der Waals surface area contributed by atoms with Crippen molar-refractivity contribution in [1.29, 1.82) is 0 Å². The molecule has 1 aliphatic heterocycles. The molecule has 1 aliphatic rings. The van der Waals surface area contributed by atoms with Crippen molar-refractivity contribution in [3.63, 3.8) is 0 Å². The molecule has 0 bridgehead atoms. The molecule has 0 N–H and O–H groups in total. The van der Waals surface area contributed by atoms with Crippen LogP contribution < -0.4 is 0 Å². The maximum Gasteiger partial charge on any atom is 0.240 e. The van der Waals surface area contributed by atoms with E-state index in [1.54, 1.807) is 12.4 Å². The number of benzene rings is 1. The second-order valence-electron chi connectivity index (χ2n) is 6.73. The van der Waals surface area contributed by atoms with E-state index in [-0.39, 0.29) is 11.2 Å². The van der Waals surface area contributed by atoms with E-state index in [1.165, 1.54) is 11.8 Å². The van der Waals surface area contributed by atoms with Crippen molar-refractivity contribution in [3.05, 3.63) is 60.4 Å². The van der Waals surface area contributed by atoms with E-state index in [9.17, 15) is 4.79 Å². The van der Waals surface area contributed by atoms with Crippen molar-refractivity contribution < 1.29 is 4.79 Å². The molecule has 144 valence electrons. The van der Waals surface area contributed by atoms with Crippen molar-refractivity contribution >= 4 is 17.7 Å². The molecular weight excluding hydrogens is 370 g/mol. The Labute approximate surface area is 169 Å². The van der Waals surface area contributed by atoms with Gasteiger partial charge in [0.1, 0.15) is 5.25 Å². The number of hydrogen-bond donors (Lipinski definition) is 0. The summed E-state index contributed by atoms with van der Waals surface area (Å²) in [6, 6.07) is 13.8. The molecule has 1 aromatic carbocycles. The van der Waals surface area contributed by atoms with Crippen molar-refractivity contribution in [2.75, 3.05) is 13.1 Å². The number of hydrogen-bond acceptors (Lipinski definition) is 5. The fourth-order valence-corrected chi connectivity index (χ4v) is 4.66. The van der Waals surface area contributed by atoms with Crippen LogP contribution in [0.1, 0.15) is 30.6 Å². The Morgan fingerprint density at radius 2 is 1.79 bits per heavy atom. The molecule has 28 heavy (non-hydrogen) atoms. The Balaban J connectivity index is 1.67. The monoisotopic (exact) mass is 393 g/mol. The minimum atomic E-state index is -0.320. The largest absolute Gasteiger partial charge is 0.341 e. The van der Waals surface area contributed by atoms with Crippen LogP contribution in [0.2, 0.25) is 0 Å². The highest BCUT2D eigenvalue weighted by Gasteiger charge is 2.30. The molecule has 0 unspecified atom stereocenters. The van der Waals surface area contributed by atoms with Gasteiger partial charge in [0.05, 0.1) is 0 Å². The maximum absolute atomic E-state index is 13.3. The second-order valence-corrected chi connectivity index (χ2v) is 7.80. The number of carbonyl (C=O) groups is 1. The molecule has 1 fully saturated rings. The molecule has 7 heteroatoms. The first kappa shape index (κ1) is 18.7. The number of nitrogens with zero attached hydrogens (tertiary/aromatic N) is 5. The van der Waals surface area contributed by atoms with E-state index in [0.29, 0.717) is 0 Å². The van der Waals surface area contributed by atoms with E-state index in [0.717, 1.165) is 54.6 Å².